The first-order valence-electron chi connectivity index (χ1n) is 8.19. The number of hydrogen-bond acceptors (Lipinski definition) is 5. The predicted octanol–water partition coefficient (Wildman–Crippen LogP) is 2.20. The second kappa shape index (κ2) is 9.37. The third-order valence-electron chi connectivity index (χ3n) is 3.78. The normalized spacial score (nSPS) is 16.6. The van der Waals surface area contributed by atoms with Gasteiger partial charge in [-0.1, -0.05) is 12.1 Å². The van der Waals surface area contributed by atoms with Crippen LogP contribution in [0.1, 0.15) is 25.5 Å². The molecule has 1 aliphatic rings. The van der Waals surface area contributed by atoms with Crippen LogP contribution in [-0.2, 0) is 9.47 Å². The SMILES string of the molecule is CCOC(=O)NCC(c1ccc(OCC)cc1)N1CCOCC1. The van der Waals surface area contributed by atoms with Gasteiger partial charge in [-0.2, -0.15) is 0 Å². The smallest absolute Gasteiger partial charge is 0.407 e. The summed E-state index contributed by atoms with van der Waals surface area (Å²) < 4.78 is 15.9. The van der Waals surface area contributed by atoms with Gasteiger partial charge in [0.05, 0.1) is 32.5 Å². The Bertz CT molecular complexity index is 472. The van der Waals surface area contributed by atoms with E-state index in [1.807, 2.05) is 19.1 Å². The summed E-state index contributed by atoms with van der Waals surface area (Å²) in [5.41, 5.74) is 1.15. The maximum absolute atomic E-state index is 11.6. The summed E-state index contributed by atoms with van der Waals surface area (Å²) in [6.45, 7) is 8.42. The highest BCUT2D eigenvalue weighted by Gasteiger charge is 2.23. The lowest BCUT2D eigenvalue weighted by Gasteiger charge is -2.34. The van der Waals surface area contributed by atoms with Crippen molar-refractivity contribution in [1.29, 1.82) is 0 Å². The Morgan fingerprint density at radius 1 is 1.22 bits per heavy atom. The Morgan fingerprint density at radius 2 is 1.91 bits per heavy atom. The summed E-state index contributed by atoms with van der Waals surface area (Å²) in [4.78, 5) is 13.9. The molecule has 1 atom stereocenters. The van der Waals surface area contributed by atoms with Gasteiger partial charge < -0.3 is 19.5 Å². The molecule has 1 aliphatic heterocycles. The van der Waals surface area contributed by atoms with Gasteiger partial charge in [0.2, 0.25) is 0 Å². The summed E-state index contributed by atoms with van der Waals surface area (Å²) in [5.74, 6) is 0.857. The predicted molar refractivity (Wildman–Crippen MR) is 87.8 cm³/mol. The number of nitrogens with one attached hydrogen (secondary N) is 1. The number of alkyl carbamates (subject to hydrolysis) is 1. The number of rotatable bonds is 7. The molecule has 1 aromatic carbocycles. The molecule has 1 heterocycles. The van der Waals surface area contributed by atoms with Crippen LogP contribution in [0.4, 0.5) is 4.79 Å². The largest absolute Gasteiger partial charge is 0.494 e. The third kappa shape index (κ3) is 5.41. The fourth-order valence-electron chi connectivity index (χ4n) is 2.66. The number of morpholine rings is 1. The Morgan fingerprint density at radius 3 is 2.52 bits per heavy atom. The van der Waals surface area contributed by atoms with Gasteiger partial charge in [-0.25, -0.2) is 4.79 Å². The summed E-state index contributed by atoms with van der Waals surface area (Å²) in [6.07, 6.45) is -0.378. The molecular weight excluding hydrogens is 296 g/mol. The topological polar surface area (TPSA) is 60.0 Å². The molecule has 2 rings (SSSR count). The molecule has 0 radical (unpaired) electrons. The van der Waals surface area contributed by atoms with E-state index in [1.54, 1.807) is 6.92 Å². The van der Waals surface area contributed by atoms with Crippen LogP contribution in [-0.4, -0.2) is 57.1 Å². The highest BCUT2D eigenvalue weighted by Crippen LogP contribution is 2.23. The van der Waals surface area contributed by atoms with Crippen molar-refractivity contribution < 1.29 is 19.0 Å². The molecular formula is C17H26N2O4. The van der Waals surface area contributed by atoms with E-state index in [2.05, 4.69) is 22.3 Å². The number of carbonyl (C=O) groups is 1. The zero-order valence-corrected chi connectivity index (χ0v) is 13.9. The van der Waals surface area contributed by atoms with Crippen molar-refractivity contribution in [2.75, 3.05) is 46.1 Å². The lowest BCUT2D eigenvalue weighted by Crippen LogP contribution is -2.43. The Kier molecular flexibility index (Phi) is 7.16. The van der Waals surface area contributed by atoms with Crippen molar-refractivity contribution in [1.82, 2.24) is 10.2 Å². The zero-order chi connectivity index (χ0) is 16.5. The van der Waals surface area contributed by atoms with Crippen molar-refractivity contribution in [3.63, 3.8) is 0 Å². The Labute approximate surface area is 137 Å². The molecule has 128 valence electrons. The van der Waals surface area contributed by atoms with Crippen molar-refractivity contribution in [3.05, 3.63) is 29.8 Å². The van der Waals surface area contributed by atoms with Crippen LogP contribution in [0.3, 0.4) is 0 Å². The molecule has 1 saturated heterocycles. The van der Waals surface area contributed by atoms with Crippen LogP contribution < -0.4 is 10.1 Å². The van der Waals surface area contributed by atoms with Crippen molar-refractivity contribution in [2.45, 2.75) is 19.9 Å². The van der Waals surface area contributed by atoms with Crippen LogP contribution in [0, 0.1) is 0 Å². The van der Waals surface area contributed by atoms with Gasteiger partial charge >= 0.3 is 6.09 Å². The first-order chi connectivity index (χ1) is 11.2. The van der Waals surface area contributed by atoms with Crippen molar-refractivity contribution >= 4 is 6.09 Å². The molecule has 1 aromatic rings. The molecule has 0 saturated carbocycles. The molecule has 1 amide bonds. The van der Waals surface area contributed by atoms with Gasteiger partial charge in [0.1, 0.15) is 5.75 Å². The molecule has 1 fully saturated rings. The minimum Gasteiger partial charge on any atom is -0.494 e. The van der Waals surface area contributed by atoms with Crippen LogP contribution in [0.5, 0.6) is 5.75 Å². The van der Waals surface area contributed by atoms with Crippen molar-refractivity contribution in [2.24, 2.45) is 0 Å². The van der Waals surface area contributed by atoms with Crippen LogP contribution in [0.25, 0.3) is 0 Å². The number of amides is 1. The monoisotopic (exact) mass is 322 g/mol. The van der Waals surface area contributed by atoms with Crippen LogP contribution in [0.2, 0.25) is 0 Å². The standard InChI is InChI=1S/C17H26N2O4/c1-3-22-15-7-5-14(6-8-15)16(13-18-17(20)23-4-2)19-9-11-21-12-10-19/h5-8,16H,3-4,9-13H2,1-2H3,(H,18,20). The molecule has 6 nitrogen and oxygen atoms in total. The fraction of sp³-hybridized carbons (Fsp3) is 0.588. The quantitative estimate of drug-likeness (QED) is 0.834. The van der Waals surface area contributed by atoms with E-state index in [9.17, 15) is 4.79 Å². The summed E-state index contributed by atoms with van der Waals surface area (Å²) >= 11 is 0. The maximum Gasteiger partial charge on any atom is 0.407 e. The van der Waals surface area contributed by atoms with Crippen LogP contribution in [0.15, 0.2) is 24.3 Å². The second-order valence-corrected chi connectivity index (χ2v) is 5.27. The number of nitrogens with zero attached hydrogens (tertiary/aromatic N) is 1. The lowest BCUT2D eigenvalue weighted by molar-refractivity contribution is 0.0161. The maximum atomic E-state index is 11.6. The van der Waals surface area contributed by atoms with Crippen molar-refractivity contribution in [3.8, 4) is 5.75 Å². The Hall–Kier alpha value is -1.79. The van der Waals surface area contributed by atoms with E-state index in [0.717, 1.165) is 24.4 Å². The molecule has 0 aromatic heterocycles. The summed E-state index contributed by atoms with van der Waals surface area (Å²) in [5, 5.41) is 2.84. The molecule has 0 bridgehead atoms. The minimum absolute atomic E-state index is 0.0963. The van der Waals surface area contributed by atoms with E-state index in [-0.39, 0.29) is 12.1 Å². The van der Waals surface area contributed by atoms with E-state index in [4.69, 9.17) is 14.2 Å². The second-order valence-electron chi connectivity index (χ2n) is 5.27. The molecule has 0 spiro atoms. The minimum atomic E-state index is -0.378. The van der Waals surface area contributed by atoms with E-state index in [0.29, 0.717) is 33.0 Å². The third-order valence-corrected chi connectivity index (χ3v) is 3.78. The molecule has 1 N–H and O–H groups in total. The molecule has 6 heteroatoms. The molecule has 1 unspecified atom stereocenters. The zero-order valence-electron chi connectivity index (χ0n) is 13.9. The van der Waals surface area contributed by atoms with Gasteiger partial charge in [-0.15, -0.1) is 0 Å². The number of hydrogen-bond donors (Lipinski definition) is 1. The van der Waals surface area contributed by atoms with Gasteiger partial charge in [0.25, 0.3) is 0 Å². The Balaban J connectivity index is 2.06. The van der Waals surface area contributed by atoms with Gasteiger partial charge in [0.15, 0.2) is 0 Å². The van der Waals surface area contributed by atoms with E-state index in [1.165, 1.54) is 0 Å². The number of benzene rings is 1. The van der Waals surface area contributed by atoms with Gasteiger partial charge in [-0.05, 0) is 31.5 Å². The van der Waals surface area contributed by atoms with Gasteiger partial charge in [0, 0.05) is 19.6 Å². The van der Waals surface area contributed by atoms with Gasteiger partial charge in [-0.3, -0.25) is 4.90 Å². The van der Waals surface area contributed by atoms with E-state index < -0.39 is 0 Å². The average molecular weight is 322 g/mol. The van der Waals surface area contributed by atoms with Crippen LogP contribution >= 0.6 is 0 Å². The lowest BCUT2D eigenvalue weighted by atomic mass is 10.0. The number of ether oxygens (including phenoxy) is 3. The highest BCUT2D eigenvalue weighted by atomic mass is 16.5. The average Bonchev–Trinajstić information content (AvgIpc) is 2.58. The summed E-state index contributed by atoms with van der Waals surface area (Å²) in [6, 6.07) is 8.14. The first-order valence-corrected chi connectivity index (χ1v) is 8.19. The first kappa shape index (κ1) is 17.6. The highest BCUT2D eigenvalue weighted by molar-refractivity contribution is 5.67. The summed E-state index contributed by atoms with van der Waals surface area (Å²) in [7, 11) is 0. The van der Waals surface area contributed by atoms with E-state index >= 15 is 0 Å². The fourth-order valence-corrected chi connectivity index (χ4v) is 2.66. The number of carbonyl (C=O) groups excluding carboxylic acids is 1. The molecule has 23 heavy (non-hydrogen) atoms. The molecule has 0 aliphatic carbocycles.